The number of amides is 2. The average molecular weight is 296 g/mol. The molecule has 5 heteroatoms. The Morgan fingerprint density at radius 3 is 2.43 bits per heavy atom. The molecule has 5 nitrogen and oxygen atoms in total. The minimum absolute atomic E-state index is 0.0100. The summed E-state index contributed by atoms with van der Waals surface area (Å²) in [6.45, 7) is 4.78. The van der Waals surface area contributed by atoms with Gasteiger partial charge < -0.3 is 14.9 Å². The van der Waals surface area contributed by atoms with E-state index in [1.165, 1.54) is 12.8 Å². The minimum Gasteiger partial charge on any atom is -0.481 e. The molecule has 4 atom stereocenters. The zero-order chi connectivity index (χ0) is 15.6. The monoisotopic (exact) mass is 296 g/mol. The number of carboxylic acid groups (broad SMARTS) is 1. The normalized spacial score (nSPS) is 33.6. The van der Waals surface area contributed by atoms with Crippen LogP contribution in [0.1, 0.15) is 52.4 Å². The lowest BCUT2D eigenvalue weighted by Crippen LogP contribution is -2.53. The van der Waals surface area contributed by atoms with Gasteiger partial charge in [0.05, 0.1) is 5.92 Å². The van der Waals surface area contributed by atoms with Crippen molar-refractivity contribution in [1.29, 1.82) is 0 Å². The molecular formula is C16H28N2O3. The summed E-state index contributed by atoms with van der Waals surface area (Å²) in [5.74, 6) is -0.346. The van der Waals surface area contributed by atoms with Crippen LogP contribution in [0.25, 0.3) is 0 Å². The number of urea groups is 1. The average Bonchev–Trinajstić information content (AvgIpc) is 2.45. The van der Waals surface area contributed by atoms with E-state index in [-0.39, 0.29) is 18.0 Å². The molecule has 4 unspecified atom stereocenters. The zero-order valence-corrected chi connectivity index (χ0v) is 13.4. The SMILES string of the molecule is CC1CCCC(N(C)C(=O)N2CCC(C(=O)O)CC2C)C1. The fourth-order valence-electron chi connectivity index (χ4n) is 3.79. The molecule has 2 aliphatic rings. The Balaban J connectivity index is 1.94. The van der Waals surface area contributed by atoms with Crippen molar-refractivity contribution >= 4 is 12.0 Å². The number of piperidine rings is 1. The van der Waals surface area contributed by atoms with Gasteiger partial charge >= 0.3 is 12.0 Å². The van der Waals surface area contributed by atoms with Crippen molar-refractivity contribution in [3.05, 3.63) is 0 Å². The van der Waals surface area contributed by atoms with E-state index < -0.39 is 5.97 Å². The third-order valence-electron chi connectivity index (χ3n) is 5.23. The second-order valence-electron chi connectivity index (χ2n) is 6.92. The number of carboxylic acids is 1. The van der Waals surface area contributed by atoms with Gasteiger partial charge in [0.25, 0.3) is 0 Å². The maximum absolute atomic E-state index is 12.7. The van der Waals surface area contributed by atoms with Crippen molar-refractivity contribution in [3.63, 3.8) is 0 Å². The standard InChI is InChI=1S/C16H28N2O3/c1-11-5-4-6-14(9-11)17(3)16(21)18-8-7-13(15(19)20)10-12(18)2/h11-14H,4-10H2,1-3H3,(H,19,20). The molecule has 0 bridgehead atoms. The topological polar surface area (TPSA) is 60.9 Å². The van der Waals surface area contributed by atoms with Crippen LogP contribution in [0.2, 0.25) is 0 Å². The van der Waals surface area contributed by atoms with E-state index in [1.807, 2.05) is 23.8 Å². The van der Waals surface area contributed by atoms with E-state index in [9.17, 15) is 9.59 Å². The third kappa shape index (κ3) is 3.69. The fourth-order valence-corrected chi connectivity index (χ4v) is 3.79. The van der Waals surface area contributed by atoms with Crippen LogP contribution in [0.3, 0.4) is 0 Å². The maximum atomic E-state index is 12.7. The lowest BCUT2D eigenvalue weighted by atomic mass is 9.86. The summed E-state index contributed by atoms with van der Waals surface area (Å²) in [6.07, 6.45) is 5.77. The Morgan fingerprint density at radius 2 is 1.86 bits per heavy atom. The van der Waals surface area contributed by atoms with E-state index >= 15 is 0 Å². The zero-order valence-electron chi connectivity index (χ0n) is 13.4. The molecule has 21 heavy (non-hydrogen) atoms. The van der Waals surface area contributed by atoms with Gasteiger partial charge in [-0.1, -0.05) is 19.8 Å². The van der Waals surface area contributed by atoms with Crippen LogP contribution in [0.4, 0.5) is 4.79 Å². The lowest BCUT2D eigenvalue weighted by Gasteiger charge is -2.42. The molecule has 0 aromatic carbocycles. The summed E-state index contributed by atoms with van der Waals surface area (Å²) < 4.78 is 0. The van der Waals surface area contributed by atoms with Gasteiger partial charge in [0.2, 0.25) is 0 Å². The summed E-state index contributed by atoms with van der Waals surface area (Å²) in [7, 11) is 1.90. The van der Waals surface area contributed by atoms with Crippen molar-refractivity contribution in [2.75, 3.05) is 13.6 Å². The summed E-state index contributed by atoms with van der Waals surface area (Å²) in [5.41, 5.74) is 0. The molecule has 2 fully saturated rings. The van der Waals surface area contributed by atoms with Crippen LogP contribution in [0.15, 0.2) is 0 Å². The summed E-state index contributed by atoms with van der Waals surface area (Å²) in [5, 5.41) is 9.11. The highest BCUT2D eigenvalue weighted by atomic mass is 16.4. The Bertz CT molecular complexity index is 399. The molecule has 1 N–H and O–H groups in total. The number of rotatable bonds is 2. The van der Waals surface area contributed by atoms with Gasteiger partial charge in [0.15, 0.2) is 0 Å². The number of carbonyl (C=O) groups excluding carboxylic acids is 1. The number of hydrogen-bond donors (Lipinski definition) is 1. The molecule has 1 heterocycles. The van der Waals surface area contributed by atoms with Gasteiger partial charge in [0.1, 0.15) is 0 Å². The first kappa shape index (κ1) is 16.1. The third-order valence-corrected chi connectivity index (χ3v) is 5.23. The van der Waals surface area contributed by atoms with Gasteiger partial charge in [-0.2, -0.15) is 0 Å². The number of nitrogens with zero attached hydrogens (tertiary/aromatic N) is 2. The number of aliphatic carboxylic acids is 1. The Hall–Kier alpha value is -1.26. The van der Waals surface area contributed by atoms with E-state index in [1.54, 1.807) is 0 Å². The largest absolute Gasteiger partial charge is 0.481 e. The second-order valence-corrected chi connectivity index (χ2v) is 6.92. The first-order valence-corrected chi connectivity index (χ1v) is 8.16. The molecule has 0 radical (unpaired) electrons. The van der Waals surface area contributed by atoms with E-state index in [4.69, 9.17) is 5.11 Å². The van der Waals surface area contributed by atoms with Crippen LogP contribution in [0, 0.1) is 11.8 Å². The molecule has 1 saturated carbocycles. The van der Waals surface area contributed by atoms with Crippen LogP contribution in [-0.2, 0) is 4.79 Å². The van der Waals surface area contributed by atoms with Gasteiger partial charge in [0, 0.05) is 25.7 Å². The molecule has 2 rings (SSSR count). The van der Waals surface area contributed by atoms with Crippen LogP contribution in [-0.4, -0.2) is 52.6 Å². The molecule has 0 spiro atoms. The van der Waals surface area contributed by atoms with Crippen LogP contribution < -0.4 is 0 Å². The maximum Gasteiger partial charge on any atom is 0.320 e. The van der Waals surface area contributed by atoms with Crippen LogP contribution in [0.5, 0.6) is 0 Å². The molecule has 0 aromatic heterocycles. The number of likely N-dealkylation sites (tertiary alicyclic amines) is 1. The highest BCUT2D eigenvalue weighted by Gasteiger charge is 2.35. The molecule has 0 aromatic rings. The summed E-state index contributed by atoms with van der Waals surface area (Å²) in [6, 6.07) is 0.423. The van der Waals surface area contributed by atoms with E-state index in [0.717, 1.165) is 12.8 Å². The van der Waals surface area contributed by atoms with Crippen LogP contribution >= 0.6 is 0 Å². The molecule has 1 aliphatic carbocycles. The lowest BCUT2D eigenvalue weighted by molar-refractivity contribution is -0.143. The summed E-state index contributed by atoms with van der Waals surface area (Å²) in [4.78, 5) is 27.5. The predicted octanol–water partition coefficient (Wildman–Crippen LogP) is 2.80. The first-order valence-electron chi connectivity index (χ1n) is 8.16. The molecule has 1 aliphatic heterocycles. The molecule has 2 amide bonds. The smallest absolute Gasteiger partial charge is 0.320 e. The van der Waals surface area contributed by atoms with Crippen molar-refractivity contribution in [2.45, 2.75) is 64.5 Å². The first-order chi connectivity index (χ1) is 9.90. The number of hydrogen-bond acceptors (Lipinski definition) is 2. The van der Waals surface area contributed by atoms with Crippen molar-refractivity contribution < 1.29 is 14.7 Å². The van der Waals surface area contributed by atoms with Crippen molar-refractivity contribution in [3.8, 4) is 0 Å². The van der Waals surface area contributed by atoms with Gasteiger partial charge in [-0.15, -0.1) is 0 Å². The van der Waals surface area contributed by atoms with Gasteiger partial charge in [-0.3, -0.25) is 4.79 Å². The Kier molecular flexibility index (Phi) is 5.12. The molecular weight excluding hydrogens is 268 g/mol. The molecule has 120 valence electrons. The fraction of sp³-hybridized carbons (Fsp3) is 0.875. The van der Waals surface area contributed by atoms with Gasteiger partial charge in [-0.05, 0) is 38.5 Å². The van der Waals surface area contributed by atoms with E-state index in [0.29, 0.717) is 31.3 Å². The highest BCUT2D eigenvalue weighted by molar-refractivity contribution is 5.76. The molecule has 1 saturated heterocycles. The van der Waals surface area contributed by atoms with Gasteiger partial charge in [-0.25, -0.2) is 4.79 Å². The Morgan fingerprint density at radius 1 is 1.14 bits per heavy atom. The second kappa shape index (κ2) is 6.67. The minimum atomic E-state index is -0.733. The quantitative estimate of drug-likeness (QED) is 0.852. The predicted molar refractivity (Wildman–Crippen MR) is 81.1 cm³/mol. The van der Waals surface area contributed by atoms with Crippen molar-refractivity contribution in [2.24, 2.45) is 11.8 Å². The number of carbonyl (C=O) groups is 2. The Labute approximate surface area is 127 Å². The van der Waals surface area contributed by atoms with Crippen molar-refractivity contribution in [1.82, 2.24) is 9.80 Å². The highest BCUT2D eigenvalue weighted by Crippen LogP contribution is 2.29. The summed E-state index contributed by atoms with van der Waals surface area (Å²) >= 11 is 0. The van der Waals surface area contributed by atoms with E-state index in [2.05, 4.69) is 6.92 Å².